The Morgan fingerprint density at radius 2 is 0.767 bits per heavy atom. The maximum absolute atomic E-state index is 12.1. The lowest BCUT2D eigenvalue weighted by atomic mass is 10.1. The first-order valence-electron chi connectivity index (χ1n) is 26.1. The highest BCUT2D eigenvalue weighted by atomic mass is 35.5. The van der Waals surface area contributed by atoms with E-state index in [1.54, 1.807) is 0 Å². The van der Waals surface area contributed by atoms with Crippen molar-refractivity contribution in [3.8, 4) is 0 Å². The van der Waals surface area contributed by atoms with Crippen molar-refractivity contribution in [3.05, 3.63) is 0 Å². The number of halogens is 1. The summed E-state index contributed by atoms with van der Waals surface area (Å²) in [6.45, 7) is 11.9. The zero-order valence-electron chi connectivity index (χ0n) is 40.0. The number of alkyl halides is 1. The van der Waals surface area contributed by atoms with Crippen LogP contribution in [0.5, 0.6) is 0 Å². The van der Waals surface area contributed by atoms with Crippen LogP contribution < -0.4 is 0 Å². The molecule has 0 saturated carbocycles. The standard InChI is InChI=1S/C50H102ClN2O6P/c1-3-5-7-9-11-13-15-21-27-33-40-52(44-39-51)41-34-28-24-19-20-26-32-38-50(54)59-48-47-58-46-37-31-25-18-17-23-30-36-43-53(45-49-60(55,56)57)42-35-29-22-16-14-12-10-8-6-4-2/h3-49H2,1-2H3,(H2,55,56,57). The molecule has 0 radical (unpaired) electrons. The summed E-state index contributed by atoms with van der Waals surface area (Å²) in [4.78, 5) is 35.7. The van der Waals surface area contributed by atoms with Crippen molar-refractivity contribution in [1.29, 1.82) is 0 Å². The summed E-state index contributed by atoms with van der Waals surface area (Å²) in [7, 11) is -3.95. The van der Waals surface area contributed by atoms with Crippen LogP contribution in [0, 0.1) is 0 Å². The molecule has 0 aromatic rings. The molecule has 0 aliphatic carbocycles. The highest BCUT2D eigenvalue weighted by Gasteiger charge is 2.15. The Labute approximate surface area is 378 Å². The summed E-state index contributed by atoms with van der Waals surface area (Å²) < 4.78 is 22.6. The number of carbonyl (C=O) groups is 1. The summed E-state index contributed by atoms with van der Waals surface area (Å²) in [5, 5.41) is 0. The summed E-state index contributed by atoms with van der Waals surface area (Å²) in [5.74, 6) is 0.635. The van der Waals surface area contributed by atoms with Gasteiger partial charge in [-0.1, -0.05) is 200 Å². The lowest BCUT2D eigenvalue weighted by molar-refractivity contribution is -0.145. The lowest BCUT2D eigenvalue weighted by Crippen LogP contribution is -2.29. The van der Waals surface area contributed by atoms with E-state index < -0.39 is 7.60 Å². The molecule has 0 aliphatic heterocycles. The second-order valence-corrected chi connectivity index (χ2v) is 20.2. The zero-order valence-corrected chi connectivity index (χ0v) is 41.6. The van der Waals surface area contributed by atoms with Crippen molar-refractivity contribution in [1.82, 2.24) is 9.80 Å². The molecule has 2 N–H and O–H groups in total. The first kappa shape index (κ1) is 59.8. The van der Waals surface area contributed by atoms with Gasteiger partial charge in [-0.05, 0) is 64.7 Å². The molecule has 0 spiro atoms. The molecule has 8 nitrogen and oxygen atoms in total. The van der Waals surface area contributed by atoms with E-state index >= 15 is 0 Å². The smallest absolute Gasteiger partial charge is 0.326 e. The van der Waals surface area contributed by atoms with E-state index in [4.69, 9.17) is 21.1 Å². The molecule has 10 heteroatoms. The molecular weight excluding hydrogens is 791 g/mol. The molecule has 360 valence electrons. The molecule has 0 bridgehead atoms. The quantitative estimate of drug-likeness (QED) is 0.0270. The predicted octanol–water partition coefficient (Wildman–Crippen LogP) is 14.7. The summed E-state index contributed by atoms with van der Waals surface area (Å²) in [5.41, 5.74) is 0. The first-order valence-corrected chi connectivity index (χ1v) is 28.4. The predicted molar refractivity (Wildman–Crippen MR) is 260 cm³/mol. The van der Waals surface area contributed by atoms with Crippen LogP contribution in [0.15, 0.2) is 0 Å². The van der Waals surface area contributed by atoms with Crippen molar-refractivity contribution >= 4 is 25.2 Å². The number of ether oxygens (including phenoxy) is 2. The molecule has 0 unspecified atom stereocenters. The van der Waals surface area contributed by atoms with E-state index in [9.17, 15) is 19.1 Å². The Balaban J connectivity index is 3.61. The molecule has 0 atom stereocenters. The van der Waals surface area contributed by atoms with E-state index in [0.717, 1.165) is 64.2 Å². The number of rotatable bonds is 51. The van der Waals surface area contributed by atoms with Gasteiger partial charge in [0.05, 0.1) is 12.8 Å². The maximum Gasteiger partial charge on any atom is 0.326 e. The first-order chi connectivity index (χ1) is 29.3. The number of esters is 1. The highest BCUT2D eigenvalue weighted by molar-refractivity contribution is 7.51. The van der Waals surface area contributed by atoms with Crippen LogP contribution in [0.2, 0.25) is 0 Å². The third kappa shape index (κ3) is 48.8. The van der Waals surface area contributed by atoms with Crippen LogP contribution in [0.25, 0.3) is 0 Å². The van der Waals surface area contributed by atoms with Gasteiger partial charge in [-0.25, -0.2) is 0 Å². The molecular formula is C50H102ClN2O6P. The van der Waals surface area contributed by atoms with E-state index in [1.165, 1.54) is 206 Å². The van der Waals surface area contributed by atoms with Gasteiger partial charge in [0.2, 0.25) is 0 Å². The van der Waals surface area contributed by atoms with Crippen LogP contribution in [0.1, 0.15) is 245 Å². The lowest BCUT2D eigenvalue weighted by Gasteiger charge is -2.22. The molecule has 0 saturated heterocycles. The van der Waals surface area contributed by atoms with E-state index in [-0.39, 0.29) is 12.1 Å². The number of nitrogens with zero attached hydrogens (tertiary/aromatic N) is 2. The normalized spacial score (nSPS) is 12.1. The molecule has 0 fully saturated rings. The van der Waals surface area contributed by atoms with Gasteiger partial charge >= 0.3 is 13.6 Å². The average Bonchev–Trinajstić information content (AvgIpc) is 3.22. The number of hydrogen-bond donors (Lipinski definition) is 2. The van der Waals surface area contributed by atoms with E-state index in [0.29, 0.717) is 26.2 Å². The molecule has 0 amide bonds. The van der Waals surface area contributed by atoms with Gasteiger partial charge in [0.25, 0.3) is 0 Å². The Morgan fingerprint density at radius 3 is 1.13 bits per heavy atom. The van der Waals surface area contributed by atoms with Gasteiger partial charge < -0.3 is 29.1 Å². The number of carbonyl (C=O) groups excluding carboxylic acids is 1. The monoisotopic (exact) mass is 893 g/mol. The molecule has 0 aromatic heterocycles. The minimum absolute atomic E-state index is 0.0318. The van der Waals surface area contributed by atoms with Crippen LogP contribution in [-0.2, 0) is 18.8 Å². The highest BCUT2D eigenvalue weighted by Crippen LogP contribution is 2.33. The van der Waals surface area contributed by atoms with Crippen molar-refractivity contribution in [2.45, 2.75) is 245 Å². The molecule has 0 rings (SSSR count). The summed E-state index contributed by atoms with van der Waals surface area (Å²) in [6.07, 6.45) is 45.1. The van der Waals surface area contributed by atoms with Crippen LogP contribution >= 0.6 is 19.2 Å². The molecule has 0 aromatic carbocycles. The number of hydrogen-bond acceptors (Lipinski definition) is 6. The molecule has 60 heavy (non-hydrogen) atoms. The minimum Gasteiger partial charge on any atom is -0.463 e. The van der Waals surface area contributed by atoms with Crippen molar-refractivity contribution < 1.29 is 28.6 Å². The fraction of sp³-hybridized carbons (Fsp3) is 0.980. The third-order valence-electron chi connectivity index (χ3n) is 12.1. The van der Waals surface area contributed by atoms with Gasteiger partial charge in [-0.3, -0.25) is 9.36 Å². The van der Waals surface area contributed by atoms with Crippen molar-refractivity contribution in [2.24, 2.45) is 0 Å². The van der Waals surface area contributed by atoms with Crippen molar-refractivity contribution in [3.63, 3.8) is 0 Å². The zero-order chi connectivity index (χ0) is 43.9. The van der Waals surface area contributed by atoms with Crippen LogP contribution in [-0.4, -0.2) is 96.7 Å². The van der Waals surface area contributed by atoms with Gasteiger partial charge in [-0.2, -0.15) is 0 Å². The third-order valence-corrected chi connectivity index (χ3v) is 13.1. The van der Waals surface area contributed by atoms with Crippen LogP contribution in [0.4, 0.5) is 0 Å². The fourth-order valence-corrected chi connectivity index (χ4v) is 8.97. The Bertz CT molecular complexity index is 912. The average molecular weight is 894 g/mol. The van der Waals surface area contributed by atoms with E-state index in [2.05, 4.69) is 23.6 Å². The van der Waals surface area contributed by atoms with Gasteiger partial charge in [-0.15, -0.1) is 11.6 Å². The van der Waals surface area contributed by atoms with Gasteiger partial charge in [0.15, 0.2) is 0 Å². The molecule has 0 heterocycles. The SMILES string of the molecule is CCCCCCCCCCCCN(CCCl)CCCCCCCCCC(=O)OCCOCCCCCCCCCCN(CCCCCCCCCCCC)CCP(=O)(O)O. The molecule has 0 aliphatic rings. The topological polar surface area (TPSA) is 99.5 Å². The Morgan fingerprint density at radius 1 is 0.433 bits per heavy atom. The van der Waals surface area contributed by atoms with E-state index in [1.807, 2.05) is 0 Å². The summed E-state index contributed by atoms with van der Waals surface area (Å²) >= 11 is 6.09. The second-order valence-electron chi connectivity index (χ2n) is 18.0. The maximum atomic E-state index is 12.1. The van der Waals surface area contributed by atoms with Crippen molar-refractivity contribution in [2.75, 3.05) is 71.1 Å². The Hall–Kier alpha value is -0.210. The minimum atomic E-state index is -3.95. The fourth-order valence-electron chi connectivity index (χ4n) is 8.19. The second kappa shape index (κ2) is 48.3. The number of unbranched alkanes of at least 4 members (excludes halogenated alkanes) is 31. The van der Waals surface area contributed by atoms with Gasteiger partial charge in [0.1, 0.15) is 6.61 Å². The summed E-state index contributed by atoms with van der Waals surface area (Å²) in [6, 6.07) is 0. The van der Waals surface area contributed by atoms with Gasteiger partial charge in [0, 0.05) is 32.0 Å². The van der Waals surface area contributed by atoms with Crippen LogP contribution in [0.3, 0.4) is 0 Å². The Kier molecular flexibility index (Phi) is 48.1. The largest absolute Gasteiger partial charge is 0.463 e.